The van der Waals surface area contributed by atoms with Crippen molar-refractivity contribution in [1.82, 2.24) is 14.8 Å². The lowest BCUT2D eigenvalue weighted by atomic mass is 10.0. The molecule has 1 aromatic carbocycles. The van der Waals surface area contributed by atoms with Crippen LogP contribution in [-0.2, 0) is 16.0 Å². The van der Waals surface area contributed by atoms with E-state index < -0.39 is 0 Å². The summed E-state index contributed by atoms with van der Waals surface area (Å²) in [6.07, 6.45) is 9.50. The molecule has 5 heteroatoms. The lowest BCUT2D eigenvalue weighted by Crippen LogP contribution is -2.35. The second-order valence-corrected chi connectivity index (χ2v) is 7.64. The lowest BCUT2D eigenvalue weighted by Gasteiger charge is -2.24. The standard InChI is InChI=1S/C22H29N3O2/c1-16(26)6-7-17-8-9-21-20(13-17)18(15-23-21)14-19-5-4-11-25(19)12-10-22(27)24(2)3/h6-9,13,15,19,23H,4-5,10-12,14H2,1-3H3/b7-6+/t19-/m1/s1. The number of ketones is 1. The summed E-state index contributed by atoms with van der Waals surface area (Å²) in [6, 6.07) is 6.72. The van der Waals surface area contributed by atoms with Crippen LogP contribution in [0, 0.1) is 0 Å². The largest absolute Gasteiger partial charge is 0.361 e. The highest BCUT2D eigenvalue weighted by atomic mass is 16.2. The Morgan fingerprint density at radius 2 is 2.15 bits per heavy atom. The summed E-state index contributed by atoms with van der Waals surface area (Å²) in [6.45, 7) is 3.46. The Morgan fingerprint density at radius 1 is 1.33 bits per heavy atom. The van der Waals surface area contributed by atoms with Gasteiger partial charge in [0.2, 0.25) is 5.91 Å². The molecule has 5 nitrogen and oxygen atoms in total. The third-order valence-electron chi connectivity index (χ3n) is 5.37. The van der Waals surface area contributed by atoms with Gasteiger partial charge in [-0.2, -0.15) is 0 Å². The van der Waals surface area contributed by atoms with Crippen LogP contribution in [-0.4, -0.2) is 59.7 Å². The average molecular weight is 367 g/mol. The first-order valence-corrected chi connectivity index (χ1v) is 9.67. The van der Waals surface area contributed by atoms with Gasteiger partial charge in [0.1, 0.15) is 0 Å². The number of fused-ring (bicyclic) bond motifs is 1. The van der Waals surface area contributed by atoms with Gasteiger partial charge >= 0.3 is 0 Å². The van der Waals surface area contributed by atoms with E-state index in [1.54, 1.807) is 17.9 Å². The number of carbonyl (C=O) groups is 2. The van der Waals surface area contributed by atoms with Crippen molar-refractivity contribution in [2.24, 2.45) is 0 Å². The maximum Gasteiger partial charge on any atom is 0.223 e. The summed E-state index contributed by atoms with van der Waals surface area (Å²) < 4.78 is 0. The third-order valence-corrected chi connectivity index (χ3v) is 5.37. The van der Waals surface area contributed by atoms with E-state index in [1.165, 1.54) is 23.8 Å². The molecule has 1 aromatic heterocycles. The van der Waals surface area contributed by atoms with Crippen LogP contribution in [0.1, 0.15) is 37.3 Å². The predicted molar refractivity (Wildman–Crippen MR) is 110 cm³/mol. The number of hydrogen-bond acceptors (Lipinski definition) is 3. The molecule has 1 aliphatic heterocycles. The summed E-state index contributed by atoms with van der Waals surface area (Å²) >= 11 is 0. The van der Waals surface area contributed by atoms with Crippen LogP contribution >= 0.6 is 0 Å². The van der Waals surface area contributed by atoms with Crippen LogP contribution < -0.4 is 0 Å². The molecule has 1 N–H and O–H groups in total. The minimum Gasteiger partial charge on any atom is -0.361 e. The Labute approximate surface area is 161 Å². The van der Waals surface area contributed by atoms with Crippen molar-refractivity contribution in [3.05, 3.63) is 41.6 Å². The average Bonchev–Trinajstić information content (AvgIpc) is 3.25. The van der Waals surface area contributed by atoms with Crippen molar-refractivity contribution in [2.75, 3.05) is 27.2 Å². The van der Waals surface area contributed by atoms with Gasteiger partial charge in [-0.1, -0.05) is 12.1 Å². The minimum absolute atomic E-state index is 0.0539. The number of nitrogens with one attached hydrogen (secondary N) is 1. The van der Waals surface area contributed by atoms with Crippen molar-refractivity contribution in [3.63, 3.8) is 0 Å². The Bertz CT molecular complexity index is 850. The van der Waals surface area contributed by atoms with Crippen molar-refractivity contribution in [1.29, 1.82) is 0 Å². The van der Waals surface area contributed by atoms with Crippen LogP contribution in [0.5, 0.6) is 0 Å². The smallest absolute Gasteiger partial charge is 0.223 e. The lowest BCUT2D eigenvalue weighted by molar-refractivity contribution is -0.129. The third kappa shape index (κ3) is 4.86. The maximum atomic E-state index is 11.9. The summed E-state index contributed by atoms with van der Waals surface area (Å²) in [5, 5.41) is 1.22. The van der Waals surface area contributed by atoms with Gasteiger partial charge in [-0.3, -0.25) is 14.5 Å². The molecule has 0 saturated carbocycles. The topological polar surface area (TPSA) is 56.4 Å². The zero-order valence-corrected chi connectivity index (χ0v) is 16.5. The van der Waals surface area contributed by atoms with Gasteiger partial charge in [0.15, 0.2) is 5.78 Å². The van der Waals surface area contributed by atoms with Gasteiger partial charge in [-0.25, -0.2) is 0 Å². The monoisotopic (exact) mass is 367 g/mol. The first kappa shape index (κ1) is 19.4. The summed E-state index contributed by atoms with van der Waals surface area (Å²) in [5.41, 5.74) is 3.47. The fourth-order valence-corrected chi connectivity index (χ4v) is 3.82. The van der Waals surface area contributed by atoms with E-state index in [1.807, 2.05) is 26.2 Å². The number of aromatic amines is 1. The highest BCUT2D eigenvalue weighted by molar-refractivity contribution is 5.93. The molecule has 0 spiro atoms. The van der Waals surface area contributed by atoms with Crippen LogP contribution in [0.2, 0.25) is 0 Å². The molecule has 144 valence electrons. The number of allylic oxidation sites excluding steroid dienone is 1. The number of hydrogen-bond donors (Lipinski definition) is 1. The van der Waals surface area contributed by atoms with E-state index in [4.69, 9.17) is 0 Å². The molecule has 1 aliphatic rings. The molecule has 0 aliphatic carbocycles. The van der Waals surface area contributed by atoms with Gasteiger partial charge in [-0.15, -0.1) is 0 Å². The van der Waals surface area contributed by atoms with E-state index in [2.05, 4.69) is 28.2 Å². The number of carbonyl (C=O) groups excluding carboxylic acids is 2. The predicted octanol–water partition coefficient (Wildman–Crippen LogP) is 3.26. The molecule has 1 amide bonds. The molecule has 2 aromatic rings. The van der Waals surface area contributed by atoms with Crippen LogP contribution in [0.4, 0.5) is 0 Å². The Balaban J connectivity index is 1.72. The van der Waals surface area contributed by atoms with E-state index in [0.717, 1.165) is 30.6 Å². The molecular weight excluding hydrogens is 338 g/mol. The molecule has 1 fully saturated rings. The van der Waals surface area contributed by atoms with Gasteiger partial charge < -0.3 is 9.88 Å². The Hall–Kier alpha value is -2.40. The first-order valence-electron chi connectivity index (χ1n) is 9.67. The minimum atomic E-state index is 0.0539. The Kier molecular flexibility index (Phi) is 6.11. The van der Waals surface area contributed by atoms with Gasteiger partial charge in [0, 0.05) is 50.2 Å². The van der Waals surface area contributed by atoms with E-state index in [0.29, 0.717) is 12.5 Å². The molecule has 1 saturated heterocycles. The Morgan fingerprint density at radius 3 is 2.89 bits per heavy atom. The number of H-pyrrole nitrogens is 1. The van der Waals surface area contributed by atoms with Gasteiger partial charge in [0.05, 0.1) is 0 Å². The second kappa shape index (κ2) is 8.53. The fourth-order valence-electron chi connectivity index (χ4n) is 3.82. The molecule has 27 heavy (non-hydrogen) atoms. The summed E-state index contributed by atoms with van der Waals surface area (Å²) in [4.78, 5) is 30.6. The van der Waals surface area contributed by atoms with Crippen LogP contribution in [0.3, 0.4) is 0 Å². The quantitative estimate of drug-likeness (QED) is 0.764. The van der Waals surface area contributed by atoms with Crippen LogP contribution in [0.15, 0.2) is 30.5 Å². The number of likely N-dealkylation sites (tertiary alicyclic amines) is 1. The number of rotatable bonds is 7. The zero-order valence-electron chi connectivity index (χ0n) is 16.5. The van der Waals surface area contributed by atoms with E-state index in [-0.39, 0.29) is 11.7 Å². The molecule has 0 bridgehead atoms. The molecular formula is C22H29N3O2. The number of aromatic nitrogens is 1. The second-order valence-electron chi connectivity index (χ2n) is 7.64. The fraction of sp³-hybridized carbons (Fsp3) is 0.455. The number of nitrogens with zero attached hydrogens (tertiary/aromatic N) is 2. The number of benzene rings is 1. The molecule has 0 radical (unpaired) electrons. The van der Waals surface area contributed by atoms with Crippen molar-refractivity contribution < 1.29 is 9.59 Å². The highest BCUT2D eigenvalue weighted by Gasteiger charge is 2.26. The number of amides is 1. The molecule has 1 atom stereocenters. The summed E-state index contributed by atoms with van der Waals surface area (Å²) in [5.74, 6) is 0.243. The maximum absolute atomic E-state index is 11.9. The SMILES string of the molecule is CC(=O)/C=C/c1ccc2[nH]cc(C[C@H]3CCCN3CCC(=O)N(C)C)c2c1. The molecule has 3 rings (SSSR count). The van der Waals surface area contributed by atoms with Crippen LogP contribution in [0.25, 0.3) is 17.0 Å². The normalized spacial score (nSPS) is 17.8. The first-order chi connectivity index (χ1) is 12.9. The van der Waals surface area contributed by atoms with E-state index >= 15 is 0 Å². The van der Waals surface area contributed by atoms with Gasteiger partial charge in [-0.05, 0) is 62.1 Å². The van der Waals surface area contributed by atoms with E-state index in [9.17, 15) is 9.59 Å². The van der Waals surface area contributed by atoms with Crippen molar-refractivity contribution in [3.8, 4) is 0 Å². The van der Waals surface area contributed by atoms with Crippen molar-refractivity contribution in [2.45, 2.75) is 38.6 Å². The molecule has 2 heterocycles. The zero-order chi connectivity index (χ0) is 19.4. The molecule has 0 unspecified atom stereocenters. The van der Waals surface area contributed by atoms with Gasteiger partial charge in [0.25, 0.3) is 0 Å². The van der Waals surface area contributed by atoms with Crippen molar-refractivity contribution >= 4 is 28.7 Å². The summed E-state index contributed by atoms with van der Waals surface area (Å²) in [7, 11) is 3.63. The highest BCUT2D eigenvalue weighted by Crippen LogP contribution is 2.27.